The van der Waals surface area contributed by atoms with E-state index in [-0.39, 0.29) is 5.13 Å². The number of carboxylic acid groups (broad SMARTS) is 1. The van der Waals surface area contributed by atoms with E-state index in [0.717, 1.165) is 11.3 Å². The van der Waals surface area contributed by atoms with Crippen molar-refractivity contribution in [1.82, 2.24) is 20.1 Å². The lowest BCUT2D eigenvalue weighted by molar-refractivity contribution is -0.139. The number of aromatic nitrogens is 3. The number of nitrogens with one attached hydrogen (secondary N) is 1. The van der Waals surface area contributed by atoms with Crippen LogP contribution in [0, 0.1) is 6.92 Å². The molecule has 0 aliphatic heterocycles. The minimum absolute atomic E-state index is 0.265. The molecule has 0 saturated carbocycles. The summed E-state index contributed by atoms with van der Waals surface area (Å²) in [5.41, 5.74) is 6.38. The number of carbonyl (C=O) groups excluding carboxylic acids is 1. The number of nitrogen functional groups attached to an aromatic ring is 1. The molecule has 1 atom stereocenters. The molecule has 20 heavy (non-hydrogen) atoms. The summed E-state index contributed by atoms with van der Waals surface area (Å²) >= 11 is 1.02. The molecule has 0 saturated heterocycles. The summed E-state index contributed by atoms with van der Waals surface area (Å²) in [5.74, 6) is -1.69. The Morgan fingerprint density at radius 3 is 2.70 bits per heavy atom. The van der Waals surface area contributed by atoms with Crippen LogP contribution in [-0.2, 0) is 11.8 Å². The van der Waals surface area contributed by atoms with Crippen LogP contribution < -0.4 is 11.1 Å². The van der Waals surface area contributed by atoms with E-state index in [1.54, 1.807) is 14.0 Å². The second-order valence-electron chi connectivity index (χ2n) is 4.16. The standard InChI is InChI=1S/C11H13N5O3S/c1-5-8(20-11(12)14-5)9(17)15-7(10(18)19)6-3-13-16(2)4-6/h3-4,7H,1-2H3,(H2,12,14)(H,15,17)(H,18,19). The van der Waals surface area contributed by atoms with Gasteiger partial charge in [0.2, 0.25) is 0 Å². The molecule has 8 nitrogen and oxygen atoms in total. The summed E-state index contributed by atoms with van der Waals surface area (Å²) < 4.78 is 1.47. The van der Waals surface area contributed by atoms with Crippen molar-refractivity contribution in [2.45, 2.75) is 13.0 Å². The van der Waals surface area contributed by atoms with E-state index in [4.69, 9.17) is 5.73 Å². The van der Waals surface area contributed by atoms with Gasteiger partial charge in [-0.1, -0.05) is 11.3 Å². The highest BCUT2D eigenvalue weighted by Crippen LogP contribution is 2.21. The molecule has 2 aromatic rings. The predicted molar refractivity (Wildman–Crippen MR) is 72.3 cm³/mol. The first-order valence-electron chi connectivity index (χ1n) is 5.63. The molecular formula is C11H13N5O3S. The third-order valence-electron chi connectivity index (χ3n) is 2.60. The summed E-state index contributed by atoms with van der Waals surface area (Å²) in [6.45, 7) is 1.64. The van der Waals surface area contributed by atoms with Crippen LogP contribution in [0.4, 0.5) is 5.13 Å². The highest BCUT2D eigenvalue weighted by molar-refractivity contribution is 7.17. The first-order valence-corrected chi connectivity index (χ1v) is 6.45. The Bertz CT molecular complexity index is 663. The molecule has 0 bridgehead atoms. The van der Waals surface area contributed by atoms with Crippen molar-refractivity contribution >= 4 is 28.3 Å². The van der Waals surface area contributed by atoms with Crippen LogP contribution in [-0.4, -0.2) is 31.7 Å². The number of rotatable bonds is 4. The third kappa shape index (κ3) is 2.77. The van der Waals surface area contributed by atoms with Crippen LogP contribution in [0.5, 0.6) is 0 Å². The second-order valence-corrected chi connectivity index (χ2v) is 5.19. The van der Waals surface area contributed by atoms with Gasteiger partial charge in [-0.2, -0.15) is 5.10 Å². The van der Waals surface area contributed by atoms with Gasteiger partial charge in [-0.05, 0) is 6.92 Å². The van der Waals surface area contributed by atoms with Crippen molar-refractivity contribution < 1.29 is 14.7 Å². The number of nitrogens with zero attached hydrogens (tertiary/aromatic N) is 3. The number of hydrogen-bond donors (Lipinski definition) is 3. The highest BCUT2D eigenvalue weighted by atomic mass is 32.1. The number of carboxylic acids is 1. The third-order valence-corrected chi connectivity index (χ3v) is 3.59. The number of anilines is 1. The van der Waals surface area contributed by atoms with Gasteiger partial charge in [0.05, 0.1) is 11.9 Å². The summed E-state index contributed by atoms with van der Waals surface area (Å²) in [4.78, 5) is 27.6. The molecule has 2 rings (SSSR count). The fourth-order valence-corrected chi connectivity index (χ4v) is 2.44. The van der Waals surface area contributed by atoms with E-state index in [0.29, 0.717) is 16.1 Å². The van der Waals surface area contributed by atoms with Gasteiger partial charge in [0.15, 0.2) is 11.2 Å². The maximum absolute atomic E-state index is 12.1. The fraction of sp³-hybridized carbons (Fsp3) is 0.273. The maximum Gasteiger partial charge on any atom is 0.331 e. The van der Waals surface area contributed by atoms with Crippen molar-refractivity contribution in [3.05, 3.63) is 28.5 Å². The zero-order valence-electron chi connectivity index (χ0n) is 10.8. The summed E-state index contributed by atoms with van der Waals surface area (Å²) in [6, 6.07) is -1.17. The Morgan fingerprint density at radius 2 is 2.25 bits per heavy atom. The monoisotopic (exact) mass is 295 g/mol. The highest BCUT2D eigenvalue weighted by Gasteiger charge is 2.25. The van der Waals surface area contributed by atoms with Crippen molar-refractivity contribution in [1.29, 1.82) is 0 Å². The van der Waals surface area contributed by atoms with E-state index in [1.807, 2.05) is 0 Å². The van der Waals surface area contributed by atoms with Crippen LogP contribution in [0.1, 0.15) is 27.0 Å². The molecular weight excluding hydrogens is 282 g/mol. The van der Waals surface area contributed by atoms with E-state index in [1.165, 1.54) is 17.1 Å². The topological polar surface area (TPSA) is 123 Å². The average molecular weight is 295 g/mol. The largest absolute Gasteiger partial charge is 0.479 e. The van der Waals surface area contributed by atoms with Crippen molar-refractivity contribution in [3.63, 3.8) is 0 Å². The van der Waals surface area contributed by atoms with Gasteiger partial charge < -0.3 is 16.2 Å². The molecule has 0 aliphatic carbocycles. The maximum atomic E-state index is 12.1. The minimum Gasteiger partial charge on any atom is -0.479 e. The van der Waals surface area contributed by atoms with Crippen LogP contribution in [0.25, 0.3) is 0 Å². The van der Waals surface area contributed by atoms with Gasteiger partial charge in [0.1, 0.15) is 4.88 Å². The zero-order chi connectivity index (χ0) is 14.9. The first kappa shape index (κ1) is 14.0. The van der Waals surface area contributed by atoms with E-state index in [9.17, 15) is 14.7 Å². The van der Waals surface area contributed by atoms with Crippen LogP contribution in [0.2, 0.25) is 0 Å². The summed E-state index contributed by atoms with van der Waals surface area (Å²) in [7, 11) is 1.66. The number of amides is 1. The van der Waals surface area contributed by atoms with Gasteiger partial charge in [-0.3, -0.25) is 9.48 Å². The molecule has 1 amide bonds. The Balaban J connectivity index is 2.23. The molecule has 106 valence electrons. The second kappa shape index (κ2) is 5.29. The number of carbonyl (C=O) groups is 2. The lowest BCUT2D eigenvalue weighted by atomic mass is 10.1. The summed E-state index contributed by atoms with van der Waals surface area (Å²) in [5, 5.41) is 15.8. The smallest absolute Gasteiger partial charge is 0.331 e. The molecule has 2 aromatic heterocycles. The number of aliphatic carboxylic acids is 1. The molecule has 0 fully saturated rings. The Kier molecular flexibility index (Phi) is 3.70. The molecule has 2 heterocycles. The quantitative estimate of drug-likeness (QED) is 0.746. The van der Waals surface area contributed by atoms with Gasteiger partial charge in [-0.15, -0.1) is 0 Å². The Morgan fingerprint density at radius 1 is 1.55 bits per heavy atom. The van der Waals surface area contributed by atoms with E-state index >= 15 is 0 Å². The Hall–Kier alpha value is -2.42. The van der Waals surface area contributed by atoms with E-state index < -0.39 is 17.9 Å². The number of hydrogen-bond acceptors (Lipinski definition) is 6. The molecule has 4 N–H and O–H groups in total. The van der Waals surface area contributed by atoms with Crippen molar-refractivity contribution in [2.75, 3.05) is 5.73 Å². The van der Waals surface area contributed by atoms with Gasteiger partial charge >= 0.3 is 5.97 Å². The SMILES string of the molecule is Cc1nc(N)sc1C(=O)NC(C(=O)O)c1cnn(C)c1. The molecule has 0 spiro atoms. The molecule has 0 aliphatic rings. The lowest BCUT2D eigenvalue weighted by Gasteiger charge is -2.12. The molecule has 9 heteroatoms. The van der Waals surface area contributed by atoms with Crippen LogP contribution in [0.3, 0.4) is 0 Å². The zero-order valence-corrected chi connectivity index (χ0v) is 11.6. The van der Waals surface area contributed by atoms with Gasteiger partial charge in [0.25, 0.3) is 5.91 Å². The Labute approximate surface area is 118 Å². The first-order chi connectivity index (χ1) is 9.38. The van der Waals surface area contributed by atoms with Crippen molar-refractivity contribution in [2.24, 2.45) is 7.05 Å². The average Bonchev–Trinajstić information content (AvgIpc) is 2.91. The van der Waals surface area contributed by atoms with Gasteiger partial charge in [-0.25, -0.2) is 9.78 Å². The minimum atomic E-state index is -1.17. The number of thiazole rings is 1. The van der Waals surface area contributed by atoms with Crippen molar-refractivity contribution in [3.8, 4) is 0 Å². The normalized spacial score (nSPS) is 12.1. The predicted octanol–water partition coefficient (Wildman–Crippen LogP) is 0.323. The summed E-state index contributed by atoms with van der Waals surface area (Å²) in [6.07, 6.45) is 2.93. The fourth-order valence-electron chi connectivity index (χ4n) is 1.70. The number of aryl methyl sites for hydroxylation is 2. The molecule has 0 radical (unpaired) electrons. The lowest BCUT2D eigenvalue weighted by Crippen LogP contribution is -2.33. The van der Waals surface area contributed by atoms with Gasteiger partial charge in [0, 0.05) is 18.8 Å². The van der Waals surface area contributed by atoms with E-state index in [2.05, 4.69) is 15.4 Å². The number of nitrogens with two attached hydrogens (primary N) is 1. The molecule has 0 aromatic carbocycles. The van der Waals surface area contributed by atoms with Crippen LogP contribution in [0.15, 0.2) is 12.4 Å². The van der Waals surface area contributed by atoms with Crippen LogP contribution >= 0.6 is 11.3 Å². The molecule has 1 unspecified atom stereocenters.